The third kappa shape index (κ3) is 3.16. The van der Waals surface area contributed by atoms with Crippen LogP contribution in [0.3, 0.4) is 0 Å². The molecular formula is C19H17N3OS. The summed E-state index contributed by atoms with van der Waals surface area (Å²) in [7, 11) is 0. The molecule has 0 aliphatic heterocycles. The lowest BCUT2D eigenvalue weighted by Gasteiger charge is -2.08. The minimum atomic E-state index is 0.610. The fourth-order valence-corrected chi connectivity index (χ4v) is 3.56. The second-order valence-electron chi connectivity index (χ2n) is 5.66. The van der Waals surface area contributed by atoms with Gasteiger partial charge in [0.25, 0.3) is 0 Å². The maximum Gasteiger partial charge on any atom is 0.138 e. The number of furan rings is 1. The van der Waals surface area contributed by atoms with Crippen LogP contribution in [0.2, 0.25) is 0 Å². The maximum absolute atomic E-state index is 5.40. The Morgan fingerprint density at radius 1 is 1.08 bits per heavy atom. The van der Waals surface area contributed by atoms with Crippen LogP contribution in [-0.4, -0.2) is 9.97 Å². The van der Waals surface area contributed by atoms with Gasteiger partial charge in [-0.05, 0) is 30.7 Å². The lowest BCUT2D eigenvalue weighted by Crippen LogP contribution is -2.05. The van der Waals surface area contributed by atoms with Crippen molar-refractivity contribution in [2.24, 2.45) is 0 Å². The van der Waals surface area contributed by atoms with E-state index in [4.69, 9.17) is 14.4 Å². The van der Waals surface area contributed by atoms with E-state index >= 15 is 0 Å². The van der Waals surface area contributed by atoms with Gasteiger partial charge in [-0.15, -0.1) is 11.3 Å². The number of anilines is 1. The highest BCUT2D eigenvalue weighted by atomic mass is 32.1. The molecule has 0 unspecified atom stereocenters. The molecule has 4 rings (SSSR count). The average Bonchev–Trinajstić information content (AvgIpc) is 3.22. The third-order valence-corrected chi connectivity index (χ3v) is 4.72. The summed E-state index contributed by atoms with van der Waals surface area (Å²) in [6, 6.07) is 16.3. The number of aryl methyl sites for hydroxylation is 1. The molecule has 4 aromatic rings. The summed E-state index contributed by atoms with van der Waals surface area (Å²) >= 11 is 1.70. The van der Waals surface area contributed by atoms with E-state index in [-0.39, 0.29) is 0 Å². The molecule has 0 radical (unpaired) electrons. The van der Waals surface area contributed by atoms with Gasteiger partial charge in [-0.1, -0.05) is 30.3 Å². The average molecular weight is 335 g/mol. The molecule has 0 amide bonds. The Morgan fingerprint density at radius 2 is 1.96 bits per heavy atom. The highest BCUT2D eigenvalue weighted by Crippen LogP contribution is 2.29. The number of aromatic nitrogens is 2. The van der Waals surface area contributed by atoms with Gasteiger partial charge in [0.1, 0.15) is 22.2 Å². The van der Waals surface area contributed by atoms with Crippen LogP contribution >= 0.6 is 11.3 Å². The van der Waals surface area contributed by atoms with Crippen LogP contribution in [0.4, 0.5) is 5.82 Å². The second-order valence-corrected chi connectivity index (χ2v) is 6.89. The van der Waals surface area contributed by atoms with Crippen molar-refractivity contribution in [3.05, 3.63) is 76.8 Å². The molecule has 0 bridgehead atoms. The zero-order valence-electron chi connectivity index (χ0n) is 13.3. The van der Waals surface area contributed by atoms with Crippen molar-refractivity contribution in [1.82, 2.24) is 9.97 Å². The molecule has 0 atom stereocenters. The molecule has 0 aliphatic rings. The Morgan fingerprint density at radius 3 is 2.75 bits per heavy atom. The molecule has 0 spiro atoms. The summed E-state index contributed by atoms with van der Waals surface area (Å²) < 4.78 is 5.40. The molecule has 3 heterocycles. The summed E-state index contributed by atoms with van der Waals surface area (Å²) in [5.74, 6) is 2.59. The van der Waals surface area contributed by atoms with Crippen molar-refractivity contribution in [3.8, 4) is 0 Å². The van der Waals surface area contributed by atoms with Crippen LogP contribution in [0, 0.1) is 6.92 Å². The maximum atomic E-state index is 5.40. The quantitative estimate of drug-likeness (QED) is 0.569. The lowest BCUT2D eigenvalue weighted by molar-refractivity contribution is 0.518. The molecule has 0 aliphatic carbocycles. The molecule has 0 saturated carbocycles. The van der Waals surface area contributed by atoms with Crippen molar-refractivity contribution in [2.75, 3.05) is 5.32 Å². The summed E-state index contributed by atoms with van der Waals surface area (Å²) in [6.45, 7) is 2.71. The van der Waals surface area contributed by atoms with E-state index in [0.29, 0.717) is 6.54 Å². The topological polar surface area (TPSA) is 51.0 Å². The summed E-state index contributed by atoms with van der Waals surface area (Å²) in [5, 5.41) is 4.46. The molecular weight excluding hydrogens is 318 g/mol. The predicted octanol–water partition coefficient (Wildman–Crippen LogP) is 4.80. The van der Waals surface area contributed by atoms with Crippen molar-refractivity contribution >= 4 is 27.4 Å². The Bertz CT molecular complexity index is 946. The van der Waals surface area contributed by atoms with Crippen molar-refractivity contribution in [2.45, 2.75) is 19.9 Å². The first-order valence-electron chi connectivity index (χ1n) is 7.85. The highest BCUT2D eigenvalue weighted by Gasteiger charge is 2.11. The van der Waals surface area contributed by atoms with Crippen LogP contribution in [0.25, 0.3) is 10.2 Å². The summed E-state index contributed by atoms with van der Waals surface area (Å²) in [6.07, 6.45) is 2.41. The van der Waals surface area contributed by atoms with E-state index < -0.39 is 0 Å². The standard InChI is InChI=1S/C19H17N3OS/c1-13-10-16-18(20-12-15-8-5-9-23-15)21-17(22-19(16)24-13)11-14-6-3-2-4-7-14/h2-10H,11-12H2,1H3,(H,20,21,22). The predicted molar refractivity (Wildman–Crippen MR) is 97.4 cm³/mol. The SMILES string of the molecule is Cc1cc2c(NCc3ccco3)nc(Cc3ccccc3)nc2s1. The van der Waals surface area contributed by atoms with Crippen molar-refractivity contribution in [1.29, 1.82) is 0 Å². The monoisotopic (exact) mass is 335 g/mol. The molecule has 3 aromatic heterocycles. The second kappa shape index (κ2) is 6.45. The number of nitrogens with one attached hydrogen (secondary N) is 1. The number of fused-ring (bicyclic) bond motifs is 1. The summed E-state index contributed by atoms with van der Waals surface area (Å²) in [4.78, 5) is 11.7. The van der Waals surface area contributed by atoms with E-state index in [0.717, 1.165) is 34.0 Å². The van der Waals surface area contributed by atoms with Gasteiger partial charge in [0.05, 0.1) is 18.2 Å². The molecule has 1 N–H and O–H groups in total. The zero-order chi connectivity index (χ0) is 16.4. The normalized spacial score (nSPS) is 11.0. The van der Waals surface area contributed by atoms with Crippen molar-refractivity contribution in [3.63, 3.8) is 0 Å². The molecule has 4 nitrogen and oxygen atoms in total. The van der Waals surface area contributed by atoms with Gasteiger partial charge in [-0.3, -0.25) is 0 Å². The number of hydrogen-bond acceptors (Lipinski definition) is 5. The molecule has 120 valence electrons. The third-order valence-electron chi connectivity index (χ3n) is 3.78. The Hall–Kier alpha value is -2.66. The first kappa shape index (κ1) is 14.9. The molecule has 1 aromatic carbocycles. The molecule has 24 heavy (non-hydrogen) atoms. The summed E-state index contributed by atoms with van der Waals surface area (Å²) in [5.41, 5.74) is 1.21. The smallest absolute Gasteiger partial charge is 0.138 e. The van der Waals surface area contributed by atoms with Gasteiger partial charge in [0, 0.05) is 11.3 Å². The van der Waals surface area contributed by atoms with E-state index in [1.807, 2.05) is 30.3 Å². The van der Waals surface area contributed by atoms with E-state index in [2.05, 4.69) is 30.4 Å². The molecule has 5 heteroatoms. The van der Waals surface area contributed by atoms with Gasteiger partial charge < -0.3 is 9.73 Å². The van der Waals surface area contributed by atoms with Gasteiger partial charge in [-0.25, -0.2) is 9.97 Å². The van der Waals surface area contributed by atoms with E-state index in [1.54, 1.807) is 17.6 Å². The van der Waals surface area contributed by atoms with Gasteiger partial charge in [-0.2, -0.15) is 0 Å². The van der Waals surface area contributed by atoms with Crippen LogP contribution < -0.4 is 5.32 Å². The van der Waals surface area contributed by atoms with Crippen LogP contribution in [0.15, 0.2) is 59.2 Å². The van der Waals surface area contributed by atoms with Gasteiger partial charge >= 0.3 is 0 Å². The van der Waals surface area contributed by atoms with Gasteiger partial charge in [0.15, 0.2) is 0 Å². The zero-order valence-corrected chi connectivity index (χ0v) is 14.1. The Kier molecular flexibility index (Phi) is 4.01. The first-order valence-corrected chi connectivity index (χ1v) is 8.67. The number of benzene rings is 1. The highest BCUT2D eigenvalue weighted by molar-refractivity contribution is 7.18. The van der Waals surface area contributed by atoms with Gasteiger partial charge in [0.2, 0.25) is 0 Å². The lowest BCUT2D eigenvalue weighted by atomic mass is 10.1. The number of rotatable bonds is 5. The Balaban J connectivity index is 1.67. The molecule has 0 saturated heterocycles. The number of nitrogens with zero attached hydrogens (tertiary/aromatic N) is 2. The largest absolute Gasteiger partial charge is 0.467 e. The van der Waals surface area contributed by atoms with Crippen molar-refractivity contribution < 1.29 is 4.42 Å². The minimum absolute atomic E-state index is 0.610. The van der Waals surface area contributed by atoms with E-state index in [1.165, 1.54) is 10.4 Å². The van der Waals surface area contributed by atoms with Crippen LogP contribution in [-0.2, 0) is 13.0 Å². The van der Waals surface area contributed by atoms with Crippen LogP contribution in [0.1, 0.15) is 22.0 Å². The number of hydrogen-bond donors (Lipinski definition) is 1. The van der Waals surface area contributed by atoms with E-state index in [9.17, 15) is 0 Å². The number of thiophene rings is 1. The Labute approximate surface area is 144 Å². The minimum Gasteiger partial charge on any atom is -0.467 e. The fourth-order valence-electron chi connectivity index (χ4n) is 2.66. The first-order chi connectivity index (χ1) is 11.8. The molecule has 0 fully saturated rings. The van der Waals surface area contributed by atoms with Crippen LogP contribution in [0.5, 0.6) is 0 Å². The fraction of sp³-hybridized carbons (Fsp3) is 0.158.